The van der Waals surface area contributed by atoms with Crippen LogP contribution in [0.5, 0.6) is 0 Å². The van der Waals surface area contributed by atoms with E-state index in [1.165, 1.54) is 12.1 Å². The highest BCUT2D eigenvalue weighted by Crippen LogP contribution is 2.27. The Bertz CT molecular complexity index is 1690. The molecule has 0 aliphatic carbocycles. The van der Waals surface area contributed by atoms with E-state index in [1.54, 1.807) is 35.2 Å². The molecule has 4 heterocycles. The van der Waals surface area contributed by atoms with Crippen LogP contribution in [0.3, 0.4) is 0 Å². The third kappa shape index (κ3) is 3.85. The minimum Gasteiger partial charge on any atom is -0.441 e. The number of aromatic nitrogens is 5. The minimum absolute atomic E-state index is 0.0350. The Labute approximate surface area is 208 Å². The van der Waals surface area contributed by atoms with Gasteiger partial charge in [0.15, 0.2) is 22.6 Å². The summed E-state index contributed by atoms with van der Waals surface area (Å²) < 4.78 is 22.1. The Morgan fingerprint density at radius 2 is 1.92 bits per heavy atom. The van der Waals surface area contributed by atoms with Gasteiger partial charge < -0.3 is 13.9 Å². The Morgan fingerprint density at radius 1 is 1.08 bits per heavy atom. The standard InChI is InChI=1S/C25H18ClFN6O3/c26-21-8-7-20(36-21)23-30-29-22-13-32(9-10-33(22)23)25(35)17-11-14(5-6-18(17)27)12-19-15-3-1-2-4-16(15)24(34)31-28-19/h1-8,11H,9-10,12-13H2,(H,31,34). The number of H-pyrrole nitrogens is 1. The number of furan rings is 1. The van der Waals surface area contributed by atoms with Crippen molar-refractivity contribution >= 4 is 28.3 Å². The molecule has 1 aliphatic rings. The van der Waals surface area contributed by atoms with Crippen molar-refractivity contribution in [3.8, 4) is 11.6 Å². The van der Waals surface area contributed by atoms with Crippen molar-refractivity contribution in [3.05, 3.63) is 98.6 Å². The van der Waals surface area contributed by atoms with Crippen LogP contribution in [0.15, 0.2) is 63.8 Å². The number of carbonyl (C=O) groups excluding carboxylic acids is 1. The number of amides is 1. The lowest BCUT2D eigenvalue weighted by atomic mass is 10.0. The van der Waals surface area contributed by atoms with E-state index in [2.05, 4.69) is 20.4 Å². The van der Waals surface area contributed by atoms with E-state index in [9.17, 15) is 14.0 Å². The molecule has 0 saturated carbocycles. The molecule has 2 aromatic carbocycles. The van der Waals surface area contributed by atoms with Gasteiger partial charge in [0, 0.05) is 24.9 Å². The molecule has 0 fully saturated rings. The highest BCUT2D eigenvalue weighted by Gasteiger charge is 2.28. The molecule has 0 bridgehead atoms. The zero-order valence-electron chi connectivity index (χ0n) is 18.7. The van der Waals surface area contributed by atoms with E-state index in [0.29, 0.717) is 58.9 Å². The van der Waals surface area contributed by atoms with Crippen molar-refractivity contribution in [2.24, 2.45) is 0 Å². The highest BCUT2D eigenvalue weighted by atomic mass is 35.5. The van der Waals surface area contributed by atoms with E-state index >= 15 is 0 Å². The van der Waals surface area contributed by atoms with Crippen molar-refractivity contribution in [2.75, 3.05) is 6.54 Å². The number of halogens is 2. The normalized spacial score (nSPS) is 13.2. The van der Waals surface area contributed by atoms with E-state index in [-0.39, 0.29) is 22.9 Å². The van der Waals surface area contributed by atoms with Crippen LogP contribution in [-0.2, 0) is 19.5 Å². The maximum atomic E-state index is 14.8. The highest BCUT2D eigenvalue weighted by molar-refractivity contribution is 6.28. The van der Waals surface area contributed by atoms with E-state index in [1.807, 2.05) is 16.7 Å². The van der Waals surface area contributed by atoms with Gasteiger partial charge in [-0.3, -0.25) is 9.59 Å². The summed E-state index contributed by atoms with van der Waals surface area (Å²) in [6, 6.07) is 14.9. The van der Waals surface area contributed by atoms with Crippen molar-refractivity contribution < 1.29 is 13.6 Å². The molecule has 0 unspecified atom stereocenters. The van der Waals surface area contributed by atoms with Gasteiger partial charge in [-0.2, -0.15) is 5.10 Å². The van der Waals surface area contributed by atoms with Gasteiger partial charge in [-0.1, -0.05) is 24.3 Å². The number of fused-ring (bicyclic) bond motifs is 2. The summed E-state index contributed by atoms with van der Waals surface area (Å²) in [7, 11) is 0. The summed E-state index contributed by atoms with van der Waals surface area (Å²) in [4.78, 5) is 26.9. The first-order chi connectivity index (χ1) is 17.5. The molecule has 0 spiro atoms. The molecular weight excluding hydrogens is 487 g/mol. The average molecular weight is 505 g/mol. The fourth-order valence-corrected chi connectivity index (χ4v) is 4.61. The number of benzene rings is 2. The van der Waals surface area contributed by atoms with Gasteiger partial charge in [0.1, 0.15) is 5.82 Å². The molecule has 0 atom stereocenters. The van der Waals surface area contributed by atoms with Gasteiger partial charge in [-0.25, -0.2) is 9.49 Å². The lowest BCUT2D eigenvalue weighted by Gasteiger charge is -2.28. The fourth-order valence-electron chi connectivity index (χ4n) is 4.46. The number of rotatable bonds is 4. The minimum atomic E-state index is -0.610. The molecule has 1 N–H and O–H groups in total. The third-order valence-corrected chi connectivity index (χ3v) is 6.44. The second-order valence-corrected chi connectivity index (χ2v) is 8.83. The zero-order valence-corrected chi connectivity index (χ0v) is 19.5. The second kappa shape index (κ2) is 8.72. The Kier molecular flexibility index (Phi) is 5.37. The van der Waals surface area contributed by atoms with Crippen LogP contribution in [0.4, 0.5) is 4.39 Å². The van der Waals surface area contributed by atoms with Gasteiger partial charge in [-0.05, 0) is 47.5 Å². The molecule has 1 aliphatic heterocycles. The zero-order chi connectivity index (χ0) is 24.8. The lowest BCUT2D eigenvalue weighted by molar-refractivity contribution is 0.0703. The predicted octanol–water partition coefficient (Wildman–Crippen LogP) is 3.81. The maximum absolute atomic E-state index is 14.8. The Hall–Kier alpha value is -4.31. The van der Waals surface area contributed by atoms with Crippen LogP contribution < -0.4 is 5.56 Å². The van der Waals surface area contributed by atoms with Crippen LogP contribution >= 0.6 is 11.6 Å². The summed E-state index contributed by atoms with van der Waals surface area (Å²) in [6.45, 7) is 0.952. The van der Waals surface area contributed by atoms with Crippen molar-refractivity contribution in [2.45, 2.75) is 19.5 Å². The van der Waals surface area contributed by atoms with Crippen molar-refractivity contribution in [1.82, 2.24) is 29.9 Å². The van der Waals surface area contributed by atoms with Crippen LogP contribution in [-0.4, -0.2) is 42.3 Å². The number of hydrogen-bond donors (Lipinski definition) is 1. The van der Waals surface area contributed by atoms with Crippen LogP contribution in [0.2, 0.25) is 5.22 Å². The molecule has 180 valence electrons. The quantitative estimate of drug-likeness (QED) is 0.398. The second-order valence-electron chi connectivity index (χ2n) is 8.46. The number of hydrogen-bond acceptors (Lipinski definition) is 6. The average Bonchev–Trinajstić information content (AvgIpc) is 3.52. The first-order valence-electron chi connectivity index (χ1n) is 11.2. The van der Waals surface area contributed by atoms with Crippen molar-refractivity contribution in [3.63, 3.8) is 0 Å². The van der Waals surface area contributed by atoms with Gasteiger partial charge in [0.25, 0.3) is 11.5 Å². The topological polar surface area (TPSA) is 110 Å². The Morgan fingerprint density at radius 3 is 2.72 bits per heavy atom. The predicted molar refractivity (Wildman–Crippen MR) is 129 cm³/mol. The molecule has 9 nitrogen and oxygen atoms in total. The number of aromatic amines is 1. The molecule has 0 saturated heterocycles. The number of carbonyl (C=O) groups is 1. The summed E-state index contributed by atoms with van der Waals surface area (Å²) in [5, 5.41) is 16.5. The largest absolute Gasteiger partial charge is 0.441 e. The molecule has 36 heavy (non-hydrogen) atoms. The molecule has 1 amide bonds. The summed E-state index contributed by atoms with van der Waals surface area (Å²) >= 11 is 5.88. The van der Waals surface area contributed by atoms with Crippen LogP contribution in [0, 0.1) is 5.82 Å². The Balaban J connectivity index is 1.26. The first kappa shape index (κ1) is 22.2. The summed E-state index contributed by atoms with van der Waals surface area (Å²) in [5.41, 5.74) is 1.02. The maximum Gasteiger partial charge on any atom is 0.272 e. The van der Waals surface area contributed by atoms with E-state index in [0.717, 1.165) is 0 Å². The molecular formula is C25H18ClFN6O3. The van der Waals surface area contributed by atoms with E-state index < -0.39 is 11.7 Å². The smallest absolute Gasteiger partial charge is 0.272 e. The van der Waals surface area contributed by atoms with Crippen LogP contribution in [0.25, 0.3) is 22.4 Å². The summed E-state index contributed by atoms with van der Waals surface area (Å²) in [5.74, 6) is 0.530. The van der Waals surface area contributed by atoms with Gasteiger partial charge >= 0.3 is 0 Å². The lowest BCUT2D eigenvalue weighted by Crippen LogP contribution is -2.39. The van der Waals surface area contributed by atoms with Gasteiger partial charge in [0.05, 0.1) is 23.2 Å². The van der Waals surface area contributed by atoms with Gasteiger partial charge in [-0.15, -0.1) is 10.2 Å². The SMILES string of the molecule is O=C(c1cc(Cc2n[nH]c(=O)c3ccccc23)ccc1F)N1CCn2c(nnc2-c2ccc(Cl)o2)C1. The van der Waals surface area contributed by atoms with Gasteiger partial charge in [0.2, 0.25) is 0 Å². The molecule has 6 rings (SSSR count). The number of nitrogens with one attached hydrogen (secondary N) is 1. The molecule has 0 radical (unpaired) electrons. The van der Waals surface area contributed by atoms with E-state index in [4.69, 9.17) is 16.0 Å². The number of nitrogens with zero attached hydrogens (tertiary/aromatic N) is 5. The van der Waals surface area contributed by atoms with Crippen molar-refractivity contribution in [1.29, 1.82) is 0 Å². The fraction of sp³-hybridized carbons (Fsp3) is 0.160. The molecule has 3 aromatic heterocycles. The molecule has 5 aromatic rings. The summed E-state index contributed by atoms with van der Waals surface area (Å²) in [6.07, 6.45) is 0.321. The third-order valence-electron chi connectivity index (χ3n) is 6.24. The molecule has 11 heteroatoms. The van der Waals surface area contributed by atoms with Crippen LogP contribution in [0.1, 0.15) is 27.4 Å². The first-order valence-corrected chi connectivity index (χ1v) is 11.6. The monoisotopic (exact) mass is 504 g/mol.